The topological polar surface area (TPSA) is 69.0 Å². The molecule has 0 unspecified atom stereocenters. The third-order valence-corrected chi connectivity index (χ3v) is 6.11. The molecule has 1 aliphatic rings. The highest BCUT2D eigenvalue weighted by Gasteiger charge is 2.32. The van der Waals surface area contributed by atoms with E-state index < -0.39 is 0 Å². The molecule has 0 aromatic carbocycles. The molecule has 1 aliphatic carbocycles. The largest absolute Gasteiger partial charge is 0.381 e. The van der Waals surface area contributed by atoms with Crippen LogP contribution < -0.4 is 5.32 Å². The monoisotopic (exact) mass is 386 g/mol. The molecule has 4 atom stereocenters. The highest BCUT2D eigenvalue weighted by molar-refractivity contribution is 5.79. The Bertz CT molecular complexity index is 801. The summed E-state index contributed by atoms with van der Waals surface area (Å²) in [6.45, 7) is 8.62. The van der Waals surface area contributed by atoms with Gasteiger partial charge in [-0.25, -0.2) is 9.97 Å². The summed E-state index contributed by atoms with van der Waals surface area (Å²) in [5.74, 6) is 1.33. The lowest BCUT2D eigenvalue weighted by molar-refractivity contribution is -0.128. The molecular weight excluding hydrogens is 352 g/mol. The molecule has 2 aromatic rings. The van der Waals surface area contributed by atoms with Gasteiger partial charge in [0.25, 0.3) is 0 Å². The SMILES string of the molecule is CC[C@H](C)[C@@H](NC(=O)[C@@H]1CCC[C@H](OC)C1)c1nc2cccnc2n1C(C)C. The van der Waals surface area contributed by atoms with E-state index in [0.29, 0.717) is 0 Å². The van der Waals surface area contributed by atoms with Crippen LogP contribution >= 0.6 is 0 Å². The Kier molecular flexibility index (Phi) is 6.70. The second-order valence-corrected chi connectivity index (χ2v) is 8.37. The van der Waals surface area contributed by atoms with Gasteiger partial charge in [0.1, 0.15) is 11.3 Å². The summed E-state index contributed by atoms with van der Waals surface area (Å²) < 4.78 is 7.69. The summed E-state index contributed by atoms with van der Waals surface area (Å²) in [4.78, 5) is 22.6. The minimum absolute atomic E-state index is 0.0141. The van der Waals surface area contributed by atoms with E-state index in [4.69, 9.17) is 9.72 Å². The number of nitrogens with zero attached hydrogens (tertiary/aromatic N) is 3. The van der Waals surface area contributed by atoms with Gasteiger partial charge in [-0.1, -0.05) is 26.7 Å². The summed E-state index contributed by atoms with van der Waals surface area (Å²) >= 11 is 0. The van der Waals surface area contributed by atoms with Crippen molar-refractivity contribution in [3.8, 4) is 0 Å². The van der Waals surface area contributed by atoms with Gasteiger partial charge >= 0.3 is 0 Å². The Morgan fingerprint density at radius 2 is 2.14 bits per heavy atom. The molecule has 154 valence electrons. The van der Waals surface area contributed by atoms with E-state index in [1.807, 2.05) is 12.1 Å². The molecule has 2 aromatic heterocycles. The third-order valence-electron chi connectivity index (χ3n) is 6.11. The first-order valence-electron chi connectivity index (χ1n) is 10.6. The van der Waals surface area contributed by atoms with Crippen molar-refractivity contribution in [1.82, 2.24) is 19.9 Å². The molecule has 0 saturated heterocycles. The summed E-state index contributed by atoms with van der Waals surface area (Å²) in [5.41, 5.74) is 1.76. The number of ether oxygens (including phenoxy) is 1. The zero-order chi connectivity index (χ0) is 20.3. The van der Waals surface area contributed by atoms with Crippen molar-refractivity contribution in [2.45, 2.75) is 78.0 Å². The number of hydrogen-bond donors (Lipinski definition) is 1. The summed E-state index contributed by atoms with van der Waals surface area (Å²) in [7, 11) is 1.74. The zero-order valence-electron chi connectivity index (χ0n) is 17.8. The van der Waals surface area contributed by atoms with Gasteiger partial charge in [-0.2, -0.15) is 0 Å². The first-order chi connectivity index (χ1) is 13.5. The third kappa shape index (κ3) is 4.22. The predicted molar refractivity (Wildman–Crippen MR) is 111 cm³/mol. The molecule has 6 heteroatoms. The number of imidazole rings is 1. The molecule has 1 fully saturated rings. The molecule has 2 heterocycles. The van der Waals surface area contributed by atoms with Crippen LogP contribution in [0.2, 0.25) is 0 Å². The molecule has 28 heavy (non-hydrogen) atoms. The van der Waals surface area contributed by atoms with E-state index in [1.54, 1.807) is 13.3 Å². The average molecular weight is 387 g/mol. The highest BCUT2D eigenvalue weighted by Crippen LogP contribution is 2.31. The lowest BCUT2D eigenvalue weighted by Crippen LogP contribution is -2.40. The summed E-state index contributed by atoms with van der Waals surface area (Å²) in [6.07, 6.45) is 6.78. The minimum atomic E-state index is -0.128. The number of carbonyl (C=O) groups is 1. The Balaban J connectivity index is 1.92. The quantitative estimate of drug-likeness (QED) is 0.765. The highest BCUT2D eigenvalue weighted by atomic mass is 16.5. The first-order valence-corrected chi connectivity index (χ1v) is 10.6. The molecule has 0 bridgehead atoms. The van der Waals surface area contributed by atoms with Crippen LogP contribution in [0.4, 0.5) is 0 Å². The van der Waals surface area contributed by atoms with Crippen LogP contribution in [-0.2, 0) is 9.53 Å². The molecule has 1 N–H and O–H groups in total. The number of methoxy groups -OCH3 is 1. The van der Waals surface area contributed by atoms with Crippen molar-refractivity contribution in [2.75, 3.05) is 7.11 Å². The zero-order valence-corrected chi connectivity index (χ0v) is 17.8. The fraction of sp³-hybridized carbons (Fsp3) is 0.682. The molecule has 1 saturated carbocycles. The number of carbonyl (C=O) groups excluding carboxylic acids is 1. The van der Waals surface area contributed by atoms with Gasteiger partial charge < -0.3 is 14.6 Å². The van der Waals surface area contributed by atoms with Crippen LogP contribution in [-0.4, -0.2) is 33.7 Å². The van der Waals surface area contributed by atoms with E-state index in [1.165, 1.54) is 0 Å². The van der Waals surface area contributed by atoms with E-state index in [9.17, 15) is 4.79 Å². The van der Waals surface area contributed by atoms with Gasteiger partial charge in [0, 0.05) is 25.3 Å². The minimum Gasteiger partial charge on any atom is -0.381 e. The Morgan fingerprint density at radius 3 is 2.82 bits per heavy atom. The van der Waals surface area contributed by atoms with Gasteiger partial charge in [0.05, 0.1) is 12.1 Å². The Morgan fingerprint density at radius 1 is 1.36 bits per heavy atom. The maximum absolute atomic E-state index is 13.1. The first kappa shape index (κ1) is 20.8. The van der Waals surface area contributed by atoms with Crippen LogP contribution in [0.25, 0.3) is 11.2 Å². The standard InChI is InChI=1S/C22H34N4O2/c1-6-15(4)19(25-22(27)16-9-7-10-17(13-16)28-5)21-24-18-11-8-12-23-20(18)26(21)14(2)3/h8,11-12,14-17,19H,6-7,9-10,13H2,1-5H3,(H,25,27)/t15-,16+,17-,19+/m0/s1. The van der Waals surface area contributed by atoms with Crippen LogP contribution in [0.15, 0.2) is 18.3 Å². The maximum atomic E-state index is 13.1. The van der Waals surface area contributed by atoms with Crippen LogP contribution in [0.1, 0.15) is 77.7 Å². The van der Waals surface area contributed by atoms with E-state index in [2.05, 4.69) is 42.6 Å². The molecular formula is C22H34N4O2. The van der Waals surface area contributed by atoms with Crippen molar-refractivity contribution in [3.63, 3.8) is 0 Å². The van der Waals surface area contributed by atoms with E-state index in [0.717, 1.165) is 49.1 Å². The second-order valence-electron chi connectivity index (χ2n) is 8.37. The van der Waals surface area contributed by atoms with E-state index >= 15 is 0 Å². The molecule has 6 nitrogen and oxygen atoms in total. The van der Waals surface area contributed by atoms with Crippen molar-refractivity contribution < 1.29 is 9.53 Å². The fourth-order valence-corrected chi connectivity index (χ4v) is 4.24. The summed E-state index contributed by atoms with van der Waals surface area (Å²) in [6, 6.07) is 3.99. The number of amides is 1. The van der Waals surface area contributed by atoms with Gasteiger partial charge in [-0.05, 0) is 51.2 Å². The molecule has 0 radical (unpaired) electrons. The van der Waals surface area contributed by atoms with E-state index in [-0.39, 0.29) is 35.9 Å². The Hall–Kier alpha value is -1.95. The number of fused-ring (bicyclic) bond motifs is 1. The lowest BCUT2D eigenvalue weighted by Gasteiger charge is -2.31. The predicted octanol–water partition coefficient (Wildman–Crippen LogP) is 4.42. The second kappa shape index (κ2) is 9.03. The van der Waals surface area contributed by atoms with Crippen LogP contribution in [0, 0.1) is 11.8 Å². The van der Waals surface area contributed by atoms with Gasteiger partial charge in [0.2, 0.25) is 5.91 Å². The Labute approximate surface area is 168 Å². The van der Waals surface area contributed by atoms with Crippen LogP contribution in [0.3, 0.4) is 0 Å². The number of nitrogens with one attached hydrogen (secondary N) is 1. The van der Waals surface area contributed by atoms with Crippen molar-refractivity contribution in [2.24, 2.45) is 11.8 Å². The van der Waals surface area contributed by atoms with Gasteiger partial charge in [0.15, 0.2) is 5.65 Å². The molecule has 0 spiro atoms. The number of pyridine rings is 1. The summed E-state index contributed by atoms with van der Waals surface area (Å²) in [5, 5.41) is 3.35. The fourth-order valence-electron chi connectivity index (χ4n) is 4.24. The molecule has 0 aliphatic heterocycles. The smallest absolute Gasteiger partial charge is 0.223 e. The lowest BCUT2D eigenvalue weighted by atomic mass is 9.86. The maximum Gasteiger partial charge on any atom is 0.223 e. The molecule has 3 rings (SSSR count). The number of rotatable bonds is 7. The van der Waals surface area contributed by atoms with Crippen molar-refractivity contribution in [3.05, 3.63) is 24.2 Å². The molecule has 1 amide bonds. The number of aromatic nitrogens is 3. The normalized spacial score (nSPS) is 22.4. The van der Waals surface area contributed by atoms with Crippen LogP contribution in [0.5, 0.6) is 0 Å². The van der Waals surface area contributed by atoms with Crippen molar-refractivity contribution >= 4 is 17.1 Å². The van der Waals surface area contributed by atoms with Crippen molar-refractivity contribution in [1.29, 1.82) is 0 Å². The number of hydrogen-bond acceptors (Lipinski definition) is 4. The van der Waals surface area contributed by atoms with Gasteiger partial charge in [-0.3, -0.25) is 4.79 Å². The average Bonchev–Trinajstić information content (AvgIpc) is 3.10. The van der Waals surface area contributed by atoms with Gasteiger partial charge in [-0.15, -0.1) is 0 Å².